The Kier molecular flexibility index (Phi) is 4.54. The predicted octanol–water partition coefficient (Wildman–Crippen LogP) is 0.829. The van der Waals surface area contributed by atoms with E-state index in [0.717, 1.165) is 5.56 Å². The van der Waals surface area contributed by atoms with Crippen molar-refractivity contribution in [2.75, 3.05) is 19.8 Å². The number of amides is 1. The number of carbonyl (C=O) groups is 1. The lowest BCUT2D eigenvalue weighted by Gasteiger charge is -2.30. The second kappa shape index (κ2) is 6.15. The Morgan fingerprint density at radius 2 is 1.94 bits per heavy atom. The lowest BCUT2D eigenvalue weighted by molar-refractivity contribution is -0.194. The normalized spacial score (nSPS) is 23.7. The number of nitrogens with one attached hydrogen (secondary N) is 1. The fraction of sp³-hybridized carbons (Fsp3) is 0.417. The number of halogens is 1. The van der Waals surface area contributed by atoms with Crippen LogP contribution in [0.25, 0.3) is 0 Å². The molecule has 3 N–H and O–H groups in total. The van der Waals surface area contributed by atoms with Gasteiger partial charge in [-0.05, 0) is 12.1 Å². The summed E-state index contributed by atoms with van der Waals surface area (Å²) in [6.07, 6.45) is -0.409. The first-order chi connectivity index (χ1) is 8.69. The van der Waals surface area contributed by atoms with Crippen LogP contribution < -0.4 is 11.1 Å². The monoisotopic (exact) mass is 270 g/mol. The molecule has 0 bridgehead atoms. The first kappa shape index (κ1) is 13.3. The maximum absolute atomic E-state index is 11.1. The highest BCUT2D eigenvalue weighted by atomic mass is 35.5. The molecular formula is C12H15ClN2O3. The van der Waals surface area contributed by atoms with Crippen molar-refractivity contribution in [3.63, 3.8) is 0 Å². The van der Waals surface area contributed by atoms with E-state index in [1.807, 2.05) is 12.1 Å². The van der Waals surface area contributed by atoms with Crippen molar-refractivity contribution in [3.05, 3.63) is 34.9 Å². The molecule has 0 atom stereocenters. The lowest BCUT2D eigenvalue weighted by Crippen LogP contribution is -2.47. The van der Waals surface area contributed by atoms with Gasteiger partial charge in [-0.15, -0.1) is 0 Å². The fourth-order valence-corrected chi connectivity index (χ4v) is 1.81. The van der Waals surface area contributed by atoms with Crippen LogP contribution in [0.3, 0.4) is 0 Å². The van der Waals surface area contributed by atoms with Crippen LogP contribution in [0.1, 0.15) is 11.9 Å². The van der Waals surface area contributed by atoms with E-state index in [4.69, 9.17) is 26.8 Å². The first-order valence-corrected chi connectivity index (χ1v) is 6.05. The van der Waals surface area contributed by atoms with E-state index in [0.29, 0.717) is 18.2 Å². The highest BCUT2D eigenvalue weighted by Gasteiger charge is 2.24. The topological polar surface area (TPSA) is 73.6 Å². The van der Waals surface area contributed by atoms with Gasteiger partial charge >= 0.3 is 0 Å². The minimum absolute atomic E-state index is 0.0306. The molecule has 1 saturated heterocycles. The average Bonchev–Trinajstić information content (AvgIpc) is 2.40. The average molecular weight is 271 g/mol. The zero-order chi connectivity index (χ0) is 13.0. The second-order valence-electron chi connectivity index (χ2n) is 4.02. The van der Waals surface area contributed by atoms with Gasteiger partial charge in [-0.25, -0.2) is 0 Å². The standard InChI is InChI=1S/C12H15ClN2O3/c13-9-3-1-8(2-4-9)12-17-6-10(7-18-12)15-11(16)5-14/h1-4,10,12H,5-7,14H2,(H,15,16). The number of nitrogens with two attached hydrogens (primary N) is 1. The number of ether oxygens (including phenoxy) is 2. The predicted molar refractivity (Wildman–Crippen MR) is 67.1 cm³/mol. The Balaban J connectivity index is 1.86. The Morgan fingerprint density at radius 1 is 1.33 bits per heavy atom. The summed E-state index contributed by atoms with van der Waals surface area (Å²) >= 11 is 5.81. The SMILES string of the molecule is NCC(=O)NC1COC(c2ccc(Cl)cc2)OC1. The molecule has 98 valence electrons. The van der Waals surface area contributed by atoms with Gasteiger partial charge in [0.1, 0.15) is 0 Å². The third kappa shape index (κ3) is 3.43. The highest BCUT2D eigenvalue weighted by Crippen LogP contribution is 2.24. The van der Waals surface area contributed by atoms with E-state index < -0.39 is 6.29 Å². The Morgan fingerprint density at radius 3 is 2.50 bits per heavy atom. The summed E-state index contributed by atoms with van der Waals surface area (Å²) in [5, 5.41) is 3.38. The van der Waals surface area contributed by atoms with Crippen LogP contribution in [0, 0.1) is 0 Å². The van der Waals surface area contributed by atoms with E-state index in [9.17, 15) is 4.79 Å². The Labute approximate surface area is 110 Å². The Hall–Kier alpha value is -1.14. The lowest BCUT2D eigenvalue weighted by atomic mass is 10.2. The van der Waals surface area contributed by atoms with E-state index >= 15 is 0 Å². The number of hydrogen-bond donors (Lipinski definition) is 2. The van der Waals surface area contributed by atoms with Crippen LogP contribution in [0.15, 0.2) is 24.3 Å². The molecule has 1 aromatic carbocycles. The van der Waals surface area contributed by atoms with Gasteiger partial charge in [0, 0.05) is 10.6 Å². The minimum Gasteiger partial charge on any atom is -0.348 e. The molecule has 1 heterocycles. The van der Waals surface area contributed by atoms with Gasteiger partial charge in [0.25, 0.3) is 0 Å². The van der Waals surface area contributed by atoms with E-state index in [-0.39, 0.29) is 18.5 Å². The van der Waals surface area contributed by atoms with Gasteiger partial charge in [-0.1, -0.05) is 23.7 Å². The maximum atomic E-state index is 11.1. The molecule has 1 aliphatic heterocycles. The summed E-state index contributed by atoms with van der Waals surface area (Å²) < 4.78 is 11.1. The molecule has 6 heteroatoms. The van der Waals surface area contributed by atoms with Gasteiger partial charge < -0.3 is 20.5 Å². The molecule has 0 aromatic heterocycles. The molecule has 1 aliphatic rings. The van der Waals surface area contributed by atoms with Crippen molar-refractivity contribution in [2.24, 2.45) is 5.73 Å². The van der Waals surface area contributed by atoms with Crippen molar-refractivity contribution in [3.8, 4) is 0 Å². The third-order valence-corrected chi connectivity index (χ3v) is 2.84. The summed E-state index contributed by atoms with van der Waals surface area (Å²) in [4.78, 5) is 11.1. The molecule has 0 saturated carbocycles. The van der Waals surface area contributed by atoms with Gasteiger partial charge in [0.05, 0.1) is 25.8 Å². The van der Waals surface area contributed by atoms with Crippen molar-refractivity contribution in [1.29, 1.82) is 0 Å². The molecule has 1 fully saturated rings. The molecular weight excluding hydrogens is 256 g/mol. The minimum atomic E-state index is -0.409. The van der Waals surface area contributed by atoms with Crippen molar-refractivity contribution >= 4 is 17.5 Å². The third-order valence-electron chi connectivity index (χ3n) is 2.59. The van der Waals surface area contributed by atoms with Crippen LogP contribution in [-0.2, 0) is 14.3 Å². The second-order valence-corrected chi connectivity index (χ2v) is 4.46. The van der Waals surface area contributed by atoms with Crippen LogP contribution in [0.2, 0.25) is 5.02 Å². The molecule has 0 radical (unpaired) electrons. The van der Waals surface area contributed by atoms with E-state index in [1.54, 1.807) is 12.1 Å². The Bertz CT molecular complexity index is 402. The fourth-order valence-electron chi connectivity index (χ4n) is 1.69. The molecule has 1 aromatic rings. The number of hydrogen-bond acceptors (Lipinski definition) is 4. The van der Waals surface area contributed by atoms with Crippen molar-refractivity contribution in [1.82, 2.24) is 5.32 Å². The quantitative estimate of drug-likeness (QED) is 0.853. The van der Waals surface area contributed by atoms with Crippen LogP contribution >= 0.6 is 11.6 Å². The number of benzene rings is 1. The number of carbonyl (C=O) groups excluding carboxylic acids is 1. The molecule has 0 spiro atoms. The molecule has 5 nitrogen and oxygen atoms in total. The highest BCUT2D eigenvalue weighted by molar-refractivity contribution is 6.30. The maximum Gasteiger partial charge on any atom is 0.234 e. The number of rotatable bonds is 3. The van der Waals surface area contributed by atoms with Crippen LogP contribution in [0.4, 0.5) is 0 Å². The molecule has 0 unspecified atom stereocenters. The largest absolute Gasteiger partial charge is 0.348 e. The molecule has 18 heavy (non-hydrogen) atoms. The van der Waals surface area contributed by atoms with Crippen molar-refractivity contribution in [2.45, 2.75) is 12.3 Å². The molecule has 1 amide bonds. The summed E-state index contributed by atoms with van der Waals surface area (Å²) in [5.41, 5.74) is 6.12. The van der Waals surface area contributed by atoms with Gasteiger partial charge in [0.15, 0.2) is 6.29 Å². The smallest absolute Gasteiger partial charge is 0.234 e. The summed E-state index contributed by atoms with van der Waals surface area (Å²) in [7, 11) is 0. The molecule has 2 rings (SSSR count). The zero-order valence-corrected chi connectivity index (χ0v) is 10.5. The first-order valence-electron chi connectivity index (χ1n) is 5.67. The van der Waals surface area contributed by atoms with Crippen LogP contribution in [0.5, 0.6) is 0 Å². The summed E-state index contributed by atoms with van der Waals surface area (Å²) in [6, 6.07) is 7.12. The van der Waals surface area contributed by atoms with Gasteiger partial charge in [-0.3, -0.25) is 4.79 Å². The van der Waals surface area contributed by atoms with E-state index in [2.05, 4.69) is 5.32 Å². The van der Waals surface area contributed by atoms with Gasteiger partial charge in [0.2, 0.25) is 5.91 Å². The zero-order valence-electron chi connectivity index (χ0n) is 9.77. The summed E-state index contributed by atoms with van der Waals surface area (Å²) in [6.45, 7) is 0.773. The summed E-state index contributed by atoms with van der Waals surface area (Å²) in [5.74, 6) is -0.211. The van der Waals surface area contributed by atoms with Crippen LogP contribution in [-0.4, -0.2) is 31.7 Å². The van der Waals surface area contributed by atoms with Crippen molar-refractivity contribution < 1.29 is 14.3 Å². The van der Waals surface area contributed by atoms with Gasteiger partial charge in [-0.2, -0.15) is 0 Å². The molecule has 0 aliphatic carbocycles. The van der Waals surface area contributed by atoms with E-state index in [1.165, 1.54) is 0 Å².